The van der Waals surface area contributed by atoms with Crippen molar-refractivity contribution in [2.75, 3.05) is 6.26 Å². The fourth-order valence-corrected chi connectivity index (χ4v) is 2.49. The molecule has 2 aromatic rings. The minimum atomic E-state index is -3.34. The molecule has 1 N–H and O–H groups in total. The molecule has 0 spiro atoms. The molecule has 1 unspecified atom stereocenters. The molecule has 0 aliphatic heterocycles. The molecule has 0 amide bonds. The van der Waals surface area contributed by atoms with Gasteiger partial charge in [0, 0.05) is 23.8 Å². The Balaban J connectivity index is 2.28. The fourth-order valence-electron chi connectivity index (χ4n) is 1.91. The van der Waals surface area contributed by atoms with Crippen molar-refractivity contribution >= 4 is 20.7 Å². The molecule has 0 aliphatic rings. The van der Waals surface area contributed by atoms with Crippen LogP contribution in [0.4, 0.5) is 0 Å². The normalized spacial score (nSPS) is 14.4. The van der Waals surface area contributed by atoms with E-state index in [1.807, 2.05) is 36.4 Å². The Bertz CT molecular complexity index is 723. The number of para-hydroxylation sites is 1. The Hall–Kier alpha value is -1.46. The van der Waals surface area contributed by atoms with Gasteiger partial charge in [-0.05, 0) is 26.0 Å². The van der Waals surface area contributed by atoms with E-state index in [4.69, 9.17) is 0 Å². The first-order chi connectivity index (χ1) is 9.22. The lowest BCUT2D eigenvalue weighted by atomic mass is 10.0. The van der Waals surface area contributed by atoms with E-state index in [-0.39, 0.29) is 6.42 Å². The van der Waals surface area contributed by atoms with Crippen LogP contribution in [-0.2, 0) is 16.3 Å². The number of aromatic nitrogens is 1. The summed E-state index contributed by atoms with van der Waals surface area (Å²) in [6, 6.07) is 11.4. The van der Waals surface area contributed by atoms with Crippen molar-refractivity contribution in [2.24, 2.45) is 0 Å². The lowest BCUT2D eigenvalue weighted by Gasteiger charge is -2.28. The molecule has 0 aliphatic carbocycles. The Kier molecular flexibility index (Phi) is 3.84. The third-order valence-corrected chi connectivity index (χ3v) is 6.00. The quantitative estimate of drug-likeness (QED) is 0.935. The van der Waals surface area contributed by atoms with Crippen LogP contribution in [0.1, 0.15) is 19.5 Å². The van der Waals surface area contributed by atoms with Crippen LogP contribution < -0.4 is 0 Å². The summed E-state index contributed by atoms with van der Waals surface area (Å²) in [5.74, 6) is 0. The molecule has 0 fully saturated rings. The van der Waals surface area contributed by atoms with Crippen molar-refractivity contribution in [1.82, 2.24) is 4.98 Å². The standard InChI is InChI=1S/C15H19NO3S/c1-15(2,20(3,18)19)14(17)10-12-9-8-11-6-4-5-7-13(11)16-12/h4-9,14,17H,10H2,1-3H3. The minimum absolute atomic E-state index is 0.213. The monoisotopic (exact) mass is 293 g/mol. The molecule has 1 aromatic carbocycles. The van der Waals surface area contributed by atoms with E-state index < -0.39 is 20.7 Å². The average molecular weight is 293 g/mol. The van der Waals surface area contributed by atoms with Crippen LogP contribution in [0.15, 0.2) is 36.4 Å². The first-order valence-corrected chi connectivity index (χ1v) is 8.33. The molecule has 4 nitrogen and oxygen atoms in total. The highest BCUT2D eigenvalue weighted by Gasteiger charge is 2.38. The summed E-state index contributed by atoms with van der Waals surface area (Å²) in [6.07, 6.45) is 0.362. The van der Waals surface area contributed by atoms with Gasteiger partial charge in [-0.2, -0.15) is 0 Å². The molecule has 1 aromatic heterocycles. The Morgan fingerprint density at radius 2 is 1.85 bits per heavy atom. The largest absolute Gasteiger partial charge is 0.391 e. The Morgan fingerprint density at radius 3 is 2.50 bits per heavy atom. The highest BCUT2D eigenvalue weighted by Crippen LogP contribution is 2.23. The molecule has 0 saturated heterocycles. The van der Waals surface area contributed by atoms with E-state index in [2.05, 4.69) is 4.98 Å². The lowest BCUT2D eigenvalue weighted by Crippen LogP contribution is -2.44. The van der Waals surface area contributed by atoms with Crippen molar-refractivity contribution in [3.05, 3.63) is 42.1 Å². The topological polar surface area (TPSA) is 67.3 Å². The van der Waals surface area contributed by atoms with Crippen LogP contribution >= 0.6 is 0 Å². The molecule has 0 radical (unpaired) electrons. The molecule has 2 rings (SSSR count). The highest BCUT2D eigenvalue weighted by molar-refractivity contribution is 7.92. The number of hydrogen-bond donors (Lipinski definition) is 1. The number of fused-ring (bicyclic) bond motifs is 1. The molecule has 0 bridgehead atoms. The lowest BCUT2D eigenvalue weighted by molar-refractivity contribution is 0.137. The van der Waals surface area contributed by atoms with Crippen LogP contribution in [0.5, 0.6) is 0 Å². The van der Waals surface area contributed by atoms with Gasteiger partial charge >= 0.3 is 0 Å². The molecule has 20 heavy (non-hydrogen) atoms. The van der Waals surface area contributed by atoms with E-state index in [1.165, 1.54) is 13.8 Å². The predicted octanol–water partition coefficient (Wildman–Crippen LogP) is 1.96. The van der Waals surface area contributed by atoms with Crippen molar-refractivity contribution in [3.63, 3.8) is 0 Å². The van der Waals surface area contributed by atoms with Crippen molar-refractivity contribution in [1.29, 1.82) is 0 Å². The maximum Gasteiger partial charge on any atom is 0.155 e. The number of nitrogens with zero attached hydrogens (tertiary/aromatic N) is 1. The number of aliphatic hydroxyl groups is 1. The van der Waals surface area contributed by atoms with Gasteiger partial charge in [0.15, 0.2) is 9.84 Å². The van der Waals surface area contributed by atoms with Gasteiger partial charge in [-0.25, -0.2) is 8.42 Å². The number of aliphatic hydroxyl groups excluding tert-OH is 1. The van der Waals surface area contributed by atoms with Gasteiger partial charge in [0.2, 0.25) is 0 Å². The number of sulfone groups is 1. The van der Waals surface area contributed by atoms with Crippen LogP contribution in [0.3, 0.4) is 0 Å². The van der Waals surface area contributed by atoms with Gasteiger partial charge in [0.25, 0.3) is 0 Å². The molecule has 0 saturated carbocycles. The molecule has 5 heteroatoms. The number of hydrogen-bond acceptors (Lipinski definition) is 4. The van der Waals surface area contributed by atoms with Crippen LogP contribution in [0.2, 0.25) is 0 Å². The number of pyridine rings is 1. The maximum absolute atomic E-state index is 11.7. The molecule has 1 heterocycles. The van der Waals surface area contributed by atoms with Gasteiger partial charge in [0.05, 0.1) is 16.4 Å². The van der Waals surface area contributed by atoms with E-state index >= 15 is 0 Å². The highest BCUT2D eigenvalue weighted by atomic mass is 32.2. The van der Waals surface area contributed by atoms with E-state index in [9.17, 15) is 13.5 Å². The van der Waals surface area contributed by atoms with E-state index in [0.29, 0.717) is 5.69 Å². The Morgan fingerprint density at radius 1 is 1.20 bits per heavy atom. The zero-order chi connectivity index (χ0) is 15.0. The van der Waals surface area contributed by atoms with Gasteiger partial charge < -0.3 is 5.11 Å². The van der Waals surface area contributed by atoms with E-state index in [1.54, 1.807) is 0 Å². The summed E-state index contributed by atoms with van der Waals surface area (Å²) in [6.45, 7) is 3.07. The average Bonchev–Trinajstić information content (AvgIpc) is 2.37. The third-order valence-electron chi connectivity index (χ3n) is 3.82. The van der Waals surface area contributed by atoms with Gasteiger partial charge in [-0.1, -0.05) is 24.3 Å². The van der Waals surface area contributed by atoms with Gasteiger partial charge in [-0.15, -0.1) is 0 Å². The molecule has 1 atom stereocenters. The molecular weight excluding hydrogens is 274 g/mol. The second kappa shape index (κ2) is 5.14. The number of benzene rings is 1. The fraction of sp³-hybridized carbons (Fsp3) is 0.400. The SMILES string of the molecule is CC(C)(C(O)Cc1ccc2ccccc2n1)S(C)(=O)=O. The summed E-state index contributed by atoms with van der Waals surface area (Å²) in [4.78, 5) is 4.46. The first-order valence-electron chi connectivity index (χ1n) is 6.44. The van der Waals surface area contributed by atoms with Crippen LogP contribution in [0.25, 0.3) is 10.9 Å². The second-order valence-electron chi connectivity index (χ2n) is 5.59. The second-order valence-corrected chi connectivity index (χ2v) is 8.19. The first kappa shape index (κ1) is 14.9. The van der Waals surface area contributed by atoms with Gasteiger partial charge in [0.1, 0.15) is 0 Å². The smallest absolute Gasteiger partial charge is 0.155 e. The zero-order valence-electron chi connectivity index (χ0n) is 11.9. The third kappa shape index (κ3) is 2.83. The van der Waals surface area contributed by atoms with Crippen LogP contribution in [-0.4, -0.2) is 35.6 Å². The van der Waals surface area contributed by atoms with E-state index in [0.717, 1.165) is 17.2 Å². The van der Waals surface area contributed by atoms with Crippen molar-refractivity contribution in [3.8, 4) is 0 Å². The van der Waals surface area contributed by atoms with Gasteiger partial charge in [-0.3, -0.25) is 4.98 Å². The summed E-state index contributed by atoms with van der Waals surface area (Å²) < 4.78 is 22.2. The summed E-state index contributed by atoms with van der Waals surface area (Å²) in [5.41, 5.74) is 1.53. The predicted molar refractivity (Wildman–Crippen MR) is 80.4 cm³/mol. The molecular formula is C15H19NO3S. The summed E-state index contributed by atoms with van der Waals surface area (Å²) in [5, 5.41) is 11.2. The maximum atomic E-state index is 11.7. The van der Waals surface area contributed by atoms with Crippen molar-refractivity contribution < 1.29 is 13.5 Å². The summed E-state index contributed by atoms with van der Waals surface area (Å²) >= 11 is 0. The number of rotatable bonds is 4. The van der Waals surface area contributed by atoms with Crippen LogP contribution in [0, 0.1) is 0 Å². The zero-order valence-corrected chi connectivity index (χ0v) is 12.7. The summed E-state index contributed by atoms with van der Waals surface area (Å²) in [7, 11) is -3.34. The minimum Gasteiger partial charge on any atom is -0.391 e. The van der Waals surface area contributed by atoms with Crippen molar-refractivity contribution in [2.45, 2.75) is 31.1 Å². The molecule has 108 valence electrons. The Labute approximate surface area is 119 Å².